The Labute approximate surface area is 147 Å². The molecule has 1 N–H and O–H groups in total. The second-order valence-corrected chi connectivity index (χ2v) is 6.11. The lowest BCUT2D eigenvalue weighted by Crippen LogP contribution is -2.46. The molecule has 5 heteroatoms. The van der Waals surface area contributed by atoms with Gasteiger partial charge in [0, 0.05) is 24.7 Å². The van der Waals surface area contributed by atoms with Gasteiger partial charge in [0.05, 0.1) is 12.7 Å². The molecular formula is C20H22N2O3. The van der Waals surface area contributed by atoms with Crippen LogP contribution in [0.2, 0.25) is 0 Å². The summed E-state index contributed by atoms with van der Waals surface area (Å²) in [4.78, 5) is 26.8. The first kappa shape index (κ1) is 17.0. The van der Waals surface area contributed by atoms with Crippen LogP contribution in [0.25, 0.3) is 0 Å². The van der Waals surface area contributed by atoms with E-state index in [1.54, 1.807) is 19.2 Å². The molecule has 0 aromatic heterocycles. The van der Waals surface area contributed by atoms with E-state index < -0.39 is 0 Å². The van der Waals surface area contributed by atoms with Crippen LogP contribution in [0.1, 0.15) is 33.6 Å². The highest BCUT2D eigenvalue weighted by Gasteiger charge is 2.25. The van der Waals surface area contributed by atoms with Crippen molar-refractivity contribution >= 4 is 11.8 Å². The van der Waals surface area contributed by atoms with Gasteiger partial charge in [0.15, 0.2) is 0 Å². The van der Waals surface area contributed by atoms with E-state index in [2.05, 4.69) is 5.32 Å². The molecule has 3 rings (SSSR count). The minimum Gasteiger partial charge on any atom is -0.496 e. The molecule has 0 saturated carbocycles. The number of carbonyl (C=O) groups excluding carboxylic acids is 2. The molecule has 1 aliphatic rings. The van der Waals surface area contributed by atoms with Crippen molar-refractivity contribution in [3.05, 3.63) is 65.7 Å². The van der Waals surface area contributed by atoms with E-state index in [-0.39, 0.29) is 17.9 Å². The Bertz CT molecular complexity index is 738. The lowest BCUT2D eigenvalue weighted by Gasteiger charge is -2.32. The number of piperidine rings is 1. The van der Waals surface area contributed by atoms with Crippen molar-refractivity contribution in [1.29, 1.82) is 0 Å². The number of benzene rings is 2. The average molecular weight is 338 g/mol. The summed E-state index contributed by atoms with van der Waals surface area (Å²) in [7, 11) is 1.56. The Morgan fingerprint density at radius 3 is 2.32 bits per heavy atom. The van der Waals surface area contributed by atoms with Crippen LogP contribution in [0, 0.1) is 0 Å². The molecule has 2 aromatic carbocycles. The number of amides is 2. The quantitative estimate of drug-likeness (QED) is 0.932. The van der Waals surface area contributed by atoms with E-state index in [0.29, 0.717) is 30.0 Å². The zero-order valence-electron chi connectivity index (χ0n) is 14.3. The second-order valence-electron chi connectivity index (χ2n) is 6.11. The van der Waals surface area contributed by atoms with Gasteiger partial charge in [-0.15, -0.1) is 0 Å². The summed E-state index contributed by atoms with van der Waals surface area (Å²) in [6.07, 6.45) is 1.50. The van der Waals surface area contributed by atoms with Gasteiger partial charge in [-0.3, -0.25) is 9.59 Å². The Kier molecular flexibility index (Phi) is 5.33. The van der Waals surface area contributed by atoms with E-state index in [1.807, 2.05) is 47.4 Å². The van der Waals surface area contributed by atoms with Crippen molar-refractivity contribution in [2.75, 3.05) is 20.2 Å². The summed E-state index contributed by atoms with van der Waals surface area (Å²) in [5.41, 5.74) is 1.24. The molecule has 2 aromatic rings. The molecule has 0 atom stereocenters. The monoisotopic (exact) mass is 338 g/mol. The van der Waals surface area contributed by atoms with Gasteiger partial charge in [-0.1, -0.05) is 30.3 Å². The largest absolute Gasteiger partial charge is 0.496 e. The first-order valence-electron chi connectivity index (χ1n) is 8.47. The highest BCUT2D eigenvalue weighted by atomic mass is 16.5. The molecular weight excluding hydrogens is 316 g/mol. The highest BCUT2D eigenvalue weighted by Crippen LogP contribution is 2.19. The van der Waals surface area contributed by atoms with Gasteiger partial charge >= 0.3 is 0 Å². The van der Waals surface area contributed by atoms with Crippen LogP contribution < -0.4 is 10.1 Å². The van der Waals surface area contributed by atoms with Gasteiger partial charge in [-0.05, 0) is 37.1 Å². The summed E-state index contributed by atoms with van der Waals surface area (Å²) >= 11 is 0. The van der Waals surface area contributed by atoms with Crippen molar-refractivity contribution < 1.29 is 14.3 Å². The first-order chi connectivity index (χ1) is 12.2. The normalized spacial score (nSPS) is 14.8. The Morgan fingerprint density at radius 2 is 1.64 bits per heavy atom. The number of nitrogens with one attached hydrogen (secondary N) is 1. The number of hydrogen-bond donors (Lipinski definition) is 1. The van der Waals surface area contributed by atoms with Crippen LogP contribution in [0.3, 0.4) is 0 Å². The summed E-state index contributed by atoms with van der Waals surface area (Å²) in [6, 6.07) is 16.5. The molecule has 1 fully saturated rings. The van der Waals surface area contributed by atoms with Gasteiger partial charge in [0.25, 0.3) is 11.8 Å². The minimum absolute atomic E-state index is 0.0510. The van der Waals surface area contributed by atoms with E-state index in [1.165, 1.54) is 0 Å². The van der Waals surface area contributed by atoms with Crippen molar-refractivity contribution in [2.24, 2.45) is 0 Å². The number of hydrogen-bond acceptors (Lipinski definition) is 3. The number of para-hydroxylation sites is 1. The molecule has 25 heavy (non-hydrogen) atoms. The second kappa shape index (κ2) is 7.83. The number of ether oxygens (including phenoxy) is 1. The third-order valence-electron chi connectivity index (χ3n) is 4.49. The Balaban J connectivity index is 1.56. The minimum atomic E-state index is -0.134. The van der Waals surface area contributed by atoms with Crippen LogP contribution >= 0.6 is 0 Å². The standard InChI is InChI=1S/C20H22N2O3/c1-25-18-10-6-5-9-17(18)19(23)21-16-11-13-22(14-12-16)20(24)15-7-3-2-4-8-15/h2-10,16H,11-14H2,1H3,(H,21,23). The molecule has 1 heterocycles. The van der Waals surface area contributed by atoms with E-state index >= 15 is 0 Å². The maximum absolute atomic E-state index is 12.5. The molecule has 130 valence electrons. The average Bonchev–Trinajstić information content (AvgIpc) is 2.68. The third-order valence-corrected chi connectivity index (χ3v) is 4.49. The topological polar surface area (TPSA) is 58.6 Å². The summed E-state index contributed by atoms with van der Waals surface area (Å²) in [6.45, 7) is 1.29. The van der Waals surface area contributed by atoms with E-state index in [9.17, 15) is 9.59 Å². The van der Waals surface area contributed by atoms with Gasteiger partial charge < -0.3 is 15.0 Å². The van der Waals surface area contributed by atoms with Crippen LogP contribution in [-0.2, 0) is 0 Å². The lowest BCUT2D eigenvalue weighted by molar-refractivity contribution is 0.0698. The number of carbonyl (C=O) groups is 2. The fraction of sp³-hybridized carbons (Fsp3) is 0.300. The fourth-order valence-electron chi connectivity index (χ4n) is 3.09. The molecule has 0 aliphatic carbocycles. The molecule has 0 unspecified atom stereocenters. The third kappa shape index (κ3) is 3.99. The van der Waals surface area contributed by atoms with Gasteiger partial charge in [-0.25, -0.2) is 0 Å². The van der Waals surface area contributed by atoms with E-state index in [4.69, 9.17) is 4.74 Å². The molecule has 1 aliphatic heterocycles. The van der Waals surface area contributed by atoms with Crippen LogP contribution in [-0.4, -0.2) is 43.0 Å². The SMILES string of the molecule is COc1ccccc1C(=O)NC1CCN(C(=O)c2ccccc2)CC1. The molecule has 0 spiro atoms. The van der Waals surface area contributed by atoms with E-state index in [0.717, 1.165) is 12.8 Å². The van der Waals surface area contributed by atoms with Crippen molar-refractivity contribution in [3.63, 3.8) is 0 Å². The predicted molar refractivity (Wildman–Crippen MR) is 95.8 cm³/mol. The number of methoxy groups -OCH3 is 1. The fourth-order valence-corrected chi connectivity index (χ4v) is 3.09. The smallest absolute Gasteiger partial charge is 0.255 e. The van der Waals surface area contributed by atoms with Crippen LogP contribution in [0.15, 0.2) is 54.6 Å². The summed E-state index contributed by atoms with van der Waals surface area (Å²) < 4.78 is 5.24. The summed E-state index contributed by atoms with van der Waals surface area (Å²) in [5.74, 6) is 0.483. The number of rotatable bonds is 4. The van der Waals surface area contributed by atoms with Gasteiger partial charge in [-0.2, -0.15) is 0 Å². The Hall–Kier alpha value is -2.82. The molecule has 0 bridgehead atoms. The summed E-state index contributed by atoms with van der Waals surface area (Å²) in [5, 5.41) is 3.05. The predicted octanol–water partition coefficient (Wildman–Crippen LogP) is 2.73. The van der Waals surface area contributed by atoms with Crippen molar-refractivity contribution in [3.8, 4) is 5.75 Å². The molecule has 2 amide bonds. The van der Waals surface area contributed by atoms with Gasteiger partial charge in [0.2, 0.25) is 0 Å². The lowest BCUT2D eigenvalue weighted by atomic mass is 10.0. The molecule has 1 saturated heterocycles. The van der Waals surface area contributed by atoms with Crippen molar-refractivity contribution in [1.82, 2.24) is 10.2 Å². The number of likely N-dealkylation sites (tertiary alicyclic amines) is 1. The number of nitrogens with zero attached hydrogens (tertiary/aromatic N) is 1. The van der Waals surface area contributed by atoms with Crippen molar-refractivity contribution in [2.45, 2.75) is 18.9 Å². The van der Waals surface area contributed by atoms with Crippen LogP contribution in [0.5, 0.6) is 5.75 Å². The molecule has 0 radical (unpaired) electrons. The Morgan fingerprint density at radius 1 is 1.00 bits per heavy atom. The maximum Gasteiger partial charge on any atom is 0.255 e. The zero-order valence-corrected chi connectivity index (χ0v) is 14.3. The van der Waals surface area contributed by atoms with Gasteiger partial charge in [0.1, 0.15) is 5.75 Å². The highest BCUT2D eigenvalue weighted by molar-refractivity contribution is 5.97. The first-order valence-corrected chi connectivity index (χ1v) is 8.47. The molecule has 5 nitrogen and oxygen atoms in total. The maximum atomic E-state index is 12.5. The van der Waals surface area contributed by atoms with Crippen LogP contribution in [0.4, 0.5) is 0 Å². The zero-order chi connectivity index (χ0) is 17.6.